The van der Waals surface area contributed by atoms with Crippen LogP contribution in [0.5, 0.6) is 0 Å². The third-order valence-corrected chi connectivity index (χ3v) is 5.05. The standard InChI is InChI=1S/C14H21N3O4S.ClH/c1-21-7-8-22(19,20)11-14(18)17-6-5-16-10-13(17)12-3-2-4-15-9-12;/h2-4,9,13,16H,5-8,10-11H2,1H3;1H. The fourth-order valence-electron chi connectivity index (χ4n) is 2.43. The van der Waals surface area contributed by atoms with Crippen LogP contribution in [0.1, 0.15) is 11.6 Å². The van der Waals surface area contributed by atoms with Crippen molar-refractivity contribution >= 4 is 28.2 Å². The normalized spacial score (nSPS) is 18.3. The van der Waals surface area contributed by atoms with Gasteiger partial charge in [-0.1, -0.05) is 6.07 Å². The van der Waals surface area contributed by atoms with E-state index in [9.17, 15) is 13.2 Å². The third-order valence-electron chi connectivity index (χ3n) is 3.57. The van der Waals surface area contributed by atoms with E-state index >= 15 is 0 Å². The van der Waals surface area contributed by atoms with Crippen molar-refractivity contribution in [2.45, 2.75) is 6.04 Å². The third kappa shape index (κ3) is 5.72. The molecule has 1 aromatic heterocycles. The number of nitrogens with zero attached hydrogens (tertiary/aromatic N) is 2. The summed E-state index contributed by atoms with van der Waals surface area (Å²) < 4.78 is 28.6. The van der Waals surface area contributed by atoms with Gasteiger partial charge in [-0.3, -0.25) is 9.78 Å². The summed E-state index contributed by atoms with van der Waals surface area (Å²) in [6.45, 7) is 1.83. The molecule has 0 saturated carbocycles. The number of ether oxygens (including phenoxy) is 1. The van der Waals surface area contributed by atoms with Gasteiger partial charge in [0.05, 0.1) is 18.4 Å². The van der Waals surface area contributed by atoms with Gasteiger partial charge in [0.1, 0.15) is 5.75 Å². The molecule has 9 heteroatoms. The summed E-state index contributed by atoms with van der Waals surface area (Å²) in [5, 5.41) is 3.22. The van der Waals surface area contributed by atoms with Crippen molar-refractivity contribution in [3.8, 4) is 0 Å². The molecule has 1 atom stereocenters. The van der Waals surface area contributed by atoms with E-state index in [-0.39, 0.29) is 36.7 Å². The van der Waals surface area contributed by atoms with Crippen molar-refractivity contribution in [2.24, 2.45) is 0 Å². The molecule has 23 heavy (non-hydrogen) atoms. The van der Waals surface area contributed by atoms with Crippen LogP contribution in [-0.4, -0.2) is 69.1 Å². The molecular weight excluding hydrogens is 342 g/mol. The van der Waals surface area contributed by atoms with Crippen LogP contribution in [0.15, 0.2) is 24.5 Å². The fourth-order valence-corrected chi connectivity index (χ4v) is 3.53. The molecule has 0 aromatic carbocycles. The van der Waals surface area contributed by atoms with Crippen LogP contribution >= 0.6 is 12.4 Å². The van der Waals surface area contributed by atoms with E-state index in [1.165, 1.54) is 7.11 Å². The summed E-state index contributed by atoms with van der Waals surface area (Å²) in [6, 6.07) is 3.51. The molecule has 7 nitrogen and oxygen atoms in total. The number of hydrogen-bond donors (Lipinski definition) is 1. The molecule has 1 fully saturated rings. The van der Waals surface area contributed by atoms with Crippen LogP contribution in [0.3, 0.4) is 0 Å². The predicted molar refractivity (Wildman–Crippen MR) is 89.3 cm³/mol. The average molecular weight is 364 g/mol. The van der Waals surface area contributed by atoms with Crippen molar-refractivity contribution in [3.05, 3.63) is 30.1 Å². The van der Waals surface area contributed by atoms with E-state index in [0.29, 0.717) is 19.6 Å². The monoisotopic (exact) mass is 363 g/mol. The van der Waals surface area contributed by atoms with E-state index in [4.69, 9.17) is 4.74 Å². The fraction of sp³-hybridized carbons (Fsp3) is 0.571. The van der Waals surface area contributed by atoms with Gasteiger partial charge < -0.3 is 15.0 Å². The molecule has 0 spiro atoms. The summed E-state index contributed by atoms with van der Waals surface area (Å²) in [5.74, 6) is -0.988. The van der Waals surface area contributed by atoms with Crippen molar-refractivity contribution in [3.63, 3.8) is 0 Å². The summed E-state index contributed by atoms with van der Waals surface area (Å²) in [4.78, 5) is 18.1. The lowest BCUT2D eigenvalue weighted by molar-refractivity contribution is -0.131. The van der Waals surface area contributed by atoms with Crippen LogP contribution in [0, 0.1) is 0 Å². The smallest absolute Gasteiger partial charge is 0.238 e. The summed E-state index contributed by atoms with van der Waals surface area (Å²) in [5.41, 5.74) is 0.900. The van der Waals surface area contributed by atoms with E-state index in [2.05, 4.69) is 10.3 Å². The van der Waals surface area contributed by atoms with Gasteiger partial charge in [0.15, 0.2) is 9.84 Å². The highest BCUT2D eigenvalue weighted by molar-refractivity contribution is 7.92. The maximum Gasteiger partial charge on any atom is 0.238 e. The number of sulfone groups is 1. The van der Waals surface area contributed by atoms with Crippen LogP contribution in [0.25, 0.3) is 0 Å². The second-order valence-corrected chi connectivity index (χ2v) is 7.36. The van der Waals surface area contributed by atoms with Gasteiger partial charge in [0.2, 0.25) is 5.91 Å². The quantitative estimate of drug-likeness (QED) is 0.767. The Kier molecular flexibility index (Phi) is 7.90. The minimum atomic E-state index is -3.45. The summed E-state index contributed by atoms with van der Waals surface area (Å²) in [7, 11) is -2.01. The molecule has 1 saturated heterocycles. The number of methoxy groups -OCH3 is 1. The van der Waals surface area contributed by atoms with Crippen LogP contribution in [0.2, 0.25) is 0 Å². The number of amides is 1. The van der Waals surface area contributed by atoms with Crippen LogP contribution in [0.4, 0.5) is 0 Å². The number of nitrogens with one attached hydrogen (secondary N) is 1. The minimum Gasteiger partial charge on any atom is -0.384 e. The van der Waals surface area contributed by atoms with E-state index in [1.807, 2.05) is 12.1 Å². The Morgan fingerprint density at radius 2 is 2.30 bits per heavy atom. The number of pyridine rings is 1. The zero-order valence-corrected chi connectivity index (χ0v) is 14.6. The van der Waals surface area contributed by atoms with Crippen molar-refractivity contribution < 1.29 is 17.9 Å². The molecule has 1 aliphatic heterocycles. The number of aromatic nitrogens is 1. The number of carbonyl (C=O) groups is 1. The first-order valence-electron chi connectivity index (χ1n) is 7.13. The number of hydrogen-bond acceptors (Lipinski definition) is 6. The average Bonchev–Trinajstić information content (AvgIpc) is 2.53. The summed E-state index contributed by atoms with van der Waals surface area (Å²) in [6.07, 6.45) is 3.37. The second-order valence-electron chi connectivity index (χ2n) is 5.18. The number of piperazine rings is 1. The Morgan fingerprint density at radius 3 is 2.96 bits per heavy atom. The van der Waals surface area contributed by atoms with Gasteiger partial charge in [0, 0.05) is 39.1 Å². The SMILES string of the molecule is COCCS(=O)(=O)CC(=O)N1CCNCC1c1cccnc1.Cl. The second kappa shape index (κ2) is 9.17. The number of rotatable bonds is 6. The van der Waals surface area contributed by atoms with Gasteiger partial charge in [-0.25, -0.2) is 8.42 Å². The largest absolute Gasteiger partial charge is 0.384 e. The zero-order chi connectivity index (χ0) is 16.0. The lowest BCUT2D eigenvalue weighted by Gasteiger charge is -2.36. The summed E-state index contributed by atoms with van der Waals surface area (Å²) >= 11 is 0. The molecule has 0 radical (unpaired) electrons. The predicted octanol–water partition coefficient (Wildman–Crippen LogP) is 0.0375. The number of halogens is 1. The van der Waals surface area contributed by atoms with Crippen LogP contribution in [-0.2, 0) is 19.4 Å². The first-order chi connectivity index (χ1) is 10.5. The Labute approximate surface area is 142 Å². The lowest BCUT2D eigenvalue weighted by atomic mass is 10.1. The molecular formula is C14H22ClN3O4S. The highest BCUT2D eigenvalue weighted by Gasteiger charge is 2.30. The van der Waals surface area contributed by atoms with Gasteiger partial charge in [-0.15, -0.1) is 12.4 Å². The molecule has 0 aliphatic carbocycles. The van der Waals surface area contributed by atoms with E-state index < -0.39 is 15.6 Å². The Balaban J connectivity index is 0.00000264. The maximum atomic E-state index is 12.4. The first-order valence-corrected chi connectivity index (χ1v) is 8.95. The van der Waals surface area contributed by atoms with Gasteiger partial charge in [-0.2, -0.15) is 0 Å². The van der Waals surface area contributed by atoms with E-state index in [1.54, 1.807) is 17.3 Å². The number of carbonyl (C=O) groups excluding carboxylic acids is 1. The molecule has 2 heterocycles. The van der Waals surface area contributed by atoms with E-state index in [0.717, 1.165) is 5.56 Å². The topological polar surface area (TPSA) is 88.6 Å². The molecule has 1 aromatic rings. The van der Waals surface area contributed by atoms with Crippen molar-refractivity contribution in [1.29, 1.82) is 0 Å². The van der Waals surface area contributed by atoms with Crippen molar-refractivity contribution in [2.75, 3.05) is 44.9 Å². The lowest BCUT2D eigenvalue weighted by Crippen LogP contribution is -2.50. The highest BCUT2D eigenvalue weighted by atomic mass is 35.5. The molecule has 1 amide bonds. The Morgan fingerprint density at radius 1 is 1.52 bits per heavy atom. The van der Waals surface area contributed by atoms with Gasteiger partial charge in [0.25, 0.3) is 0 Å². The zero-order valence-electron chi connectivity index (χ0n) is 13.0. The first kappa shape index (κ1) is 19.8. The Bertz CT molecular complexity index is 597. The molecule has 130 valence electrons. The highest BCUT2D eigenvalue weighted by Crippen LogP contribution is 2.21. The Hall–Kier alpha value is -1.22. The molecule has 2 rings (SSSR count). The maximum absolute atomic E-state index is 12.4. The van der Waals surface area contributed by atoms with Crippen LogP contribution < -0.4 is 5.32 Å². The van der Waals surface area contributed by atoms with Gasteiger partial charge >= 0.3 is 0 Å². The molecule has 0 bridgehead atoms. The molecule has 1 N–H and O–H groups in total. The van der Waals surface area contributed by atoms with Crippen molar-refractivity contribution in [1.82, 2.24) is 15.2 Å². The minimum absolute atomic E-state index is 0. The molecule has 1 unspecified atom stereocenters. The molecule has 1 aliphatic rings. The van der Waals surface area contributed by atoms with Gasteiger partial charge in [-0.05, 0) is 11.6 Å².